The van der Waals surface area contributed by atoms with E-state index < -0.39 is 23.8 Å². The molecule has 45 heavy (non-hydrogen) atoms. The number of ether oxygens (including phenoxy) is 2. The van der Waals surface area contributed by atoms with Gasteiger partial charge in [-0.3, -0.25) is 19.7 Å². The molecule has 228 valence electrons. The third kappa shape index (κ3) is 7.68. The molecule has 0 radical (unpaired) electrons. The van der Waals surface area contributed by atoms with Crippen molar-refractivity contribution < 1.29 is 28.7 Å². The lowest BCUT2D eigenvalue weighted by Gasteiger charge is -2.26. The first-order valence-corrected chi connectivity index (χ1v) is 15.3. The number of carbonyl (C=O) groups is 4. The number of aryl methyl sites for hydroxylation is 2. The van der Waals surface area contributed by atoms with Gasteiger partial charge in [-0.05, 0) is 95.0 Å². The molecule has 5 rings (SSSR count). The molecule has 5 amide bonds. The predicted octanol–water partition coefficient (Wildman–Crippen LogP) is 7.09. The van der Waals surface area contributed by atoms with E-state index in [1.807, 2.05) is 62.4 Å². The van der Waals surface area contributed by atoms with Gasteiger partial charge in [-0.25, -0.2) is 9.69 Å². The molecular formula is C34H27Br2N3O6. The fourth-order valence-electron chi connectivity index (χ4n) is 4.51. The third-order valence-electron chi connectivity index (χ3n) is 6.80. The van der Waals surface area contributed by atoms with E-state index in [0.29, 0.717) is 32.6 Å². The molecule has 1 saturated heterocycles. The Bertz CT molecular complexity index is 1820. The second kappa shape index (κ2) is 13.9. The van der Waals surface area contributed by atoms with Crippen LogP contribution in [0.5, 0.6) is 11.5 Å². The molecule has 0 bridgehead atoms. The summed E-state index contributed by atoms with van der Waals surface area (Å²) in [4.78, 5) is 52.9. The number of imide groups is 2. The van der Waals surface area contributed by atoms with Crippen LogP contribution in [0.1, 0.15) is 22.3 Å². The van der Waals surface area contributed by atoms with Crippen LogP contribution in [0.2, 0.25) is 0 Å². The van der Waals surface area contributed by atoms with Gasteiger partial charge < -0.3 is 14.8 Å². The quantitative estimate of drug-likeness (QED) is 0.140. The molecule has 4 aromatic carbocycles. The zero-order chi connectivity index (χ0) is 32.1. The van der Waals surface area contributed by atoms with Crippen molar-refractivity contribution in [3.8, 4) is 11.5 Å². The standard InChI is InChI=1S/C34H27Br2N3O6/c1-20-8-9-21(2)29(14-20)37-30(40)19-45-31-23(15-24(35)17-28(31)36)16-27-32(41)38-34(43)39(33(27)42)25-10-12-26(13-11-25)44-18-22-6-4-3-5-7-22/h3-17H,18-19H2,1-2H3,(H,37,40)(H,38,41,43)/b27-16-. The average molecular weight is 733 g/mol. The van der Waals surface area contributed by atoms with Crippen molar-refractivity contribution in [2.24, 2.45) is 0 Å². The predicted molar refractivity (Wildman–Crippen MR) is 178 cm³/mol. The van der Waals surface area contributed by atoms with Crippen molar-refractivity contribution in [3.05, 3.63) is 122 Å². The first kappa shape index (κ1) is 31.7. The van der Waals surface area contributed by atoms with Gasteiger partial charge in [-0.2, -0.15) is 0 Å². The fraction of sp³-hybridized carbons (Fsp3) is 0.118. The molecule has 1 aliphatic heterocycles. The summed E-state index contributed by atoms with van der Waals surface area (Å²) in [5.74, 6) is -1.31. The van der Waals surface area contributed by atoms with E-state index in [4.69, 9.17) is 9.47 Å². The van der Waals surface area contributed by atoms with E-state index in [-0.39, 0.29) is 23.6 Å². The Kier molecular flexibility index (Phi) is 9.80. The maximum absolute atomic E-state index is 13.6. The molecule has 1 fully saturated rings. The maximum atomic E-state index is 13.6. The summed E-state index contributed by atoms with van der Waals surface area (Å²) in [5.41, 5.74) is 3.84. The van der Waals surface area contributed by atoms with Crippen LogP contribution in [0, 0.1) is 13.8 Å². The molecule has 1 aliphatic rings. The van der Waals surface area contributed by atoms with Crippen molar-refractivity contribution in [1.82, 2.24) is 5.32 Å². The van der Waals surface area contributed by atoms with Gasteiger partial charge in [0.1, 0.15) is 23.7 Å². The highest BCUT2D eigenvalue weighted by atomic mass is 79.9. The van der Waals surface area contributed by atoms with Gasteiger partial charge in [0.05, 0.1) is 10.2 Å². The summed E-state index contributed by atoms with van der Waals surface area (Å²) in [7, 11) is 0. The first-order valence-electron chi connectivity index (χ1n) is 13.8. The lowest BCUT2D eigenvalue weighted by atomic mass is 10.1. The number of halogens is 2. The number of hydrogen-bond acceptors (Lipinski definition) is 6. The minimum absolute atomic E-state index is 0.228. The molecule has 1 heterocycles. The Labute approximate surface area is 276 Å². The van der Waals surface area contributed by atoms with E-state index in [2.05, 4.69) is 42.5 Å². The Morgan fingerprint density at radius 3 is 2.38 bits per heavy atom. The van der Waals surface area contributed by atoms with Gasteiger partial charge in [0.25, 0.3) is 17.7 Å². The first-order chi connectivity index (χ1) is 21.6. The highest BCUT2D eigenvalue weighted by Gasteiger charge is 2.37. The van der Waals surface area contributed by atoms with Gasteiger partial charge >= 0.3 is 6.03 Å². The van der Waals surface area contributed by atoms with Crippen LogP contribution >= 0.6 is 31.9 Å². The zero-order valence-electron chi connectivity index (χ0n) is 24.2. The molecule has 4 aromatic rings. The zero-order valence-corrected chi connectivity index (χ0v) is 27.4. The monoisotopic (exact) mass is 731 g/mol. The van der Waals surface area contributed by atoms with Crippen LogP contribution in [0.15, 0.2) is 99.4 Å². The number of anilines is 2. The van der Waals surface area contributed by atoms with Crippen molar-refractivity contribution >= 4 is 73.1 Å². The van der Waals surface area contributed by atoms with Crippen LogP contribution < -0.4 is 25.0 Å². The number of barbiturate groups is 1. The number of nitrogens with one attached hydrogen (secondary N) is 2. The van der Waals surface area contributed by atoms with E-state index in [0.717, 1.165) is 21.6 Å². The Balaban J connectivity index is 1.35. The molecule has 0 aliphatic carbocycles. The van der Waals surface area contributed by atoms with Crippen LogP contribution in [-0.2, 0) is 21.0 Å². The number of amides is 5. The topological polar surface area (TPSA) is 114 Å². The fourth-order valence-corrected chi connectivity index (χ4v) is 5.89. The molecule has 9 nitrogen and oxygen atoms in total. The normalized spacial score (nSPS) is 13.9. The number of carbonyl (C=O) groups excluding carboxylic acids is 4. The van der Waals surface area contributed by atoms with Crippen molar-refractivity contribution in [2.75, 3.05) is 16.8 Å². The number of nitrogens with zero attached hydrogens (tertiary/aromatic N) is 1. The smallest absolute Gasteiger partial charge is 0.335 e. The van der Waals surface area contributed by atoms with Gasteiger partial charge in [-0.1, -0.05) is 58.4 Å². The van der Waals surface area contributed by atoms with Crippen LogP contribution in [-0.4, -0.2) is 30.4 Å². The van der Waals surface area contributed by atoms with Gasteiger partial charge in [0.2, 0.25) is 0 Å². The van der Waals surface area contributed by atoms with Crippen molar-refractivity contribution in [2.45, 2.75) is 20.5 Å². The van der Waals surface area contributed by atoms with E-state index in [1.165, 1.54) is 6.08 Å². The summed E-state index contributed by atoms with van der Waals surface area (Å²) in [6, 6.07) is 24.2. The van der Waals surface area contributed by atoms with Crippen molar-refractivity contribution in [3.63, 3.8) is 0 Å². The summed E-state index contributed by atoms with van der Waals surface area (Å²) in [6.07, 6.45) is 1.32. The molecule has 0 saturated carbocycles. The highest BCUT2D eigenvalue weighted by Crippen LogP contribution is 2.35. The van der Waals surface area contributed by atoms with Gasteiger partial charge in [0, 0.05) is 15.7 Å². The maximum Gasteiger partial charge on any atom is 0.335 e. The minimum Gasteiger partial charge on any atom is -0.489 e. The largest absolute Gasteiger partial charge is 0.489 e. The Morgan fingerprint density at radius 1 is 0.911 bits per heavy atom. The minimum atomic E-state index is -0.880. The second-order valence-corrected chi connectivity index (χ2v) is 12.0. The molecule has 0 spiro atoms. The second-order valence-electron chi connectivity index (χ2n) is 10.2. The Hall–Kier alpha value is -4.74. The molecular weight excluding hydrogens is 706 g/mol. The number of rotatable bonds is 9. The van der Waals surface area contributed by atoms with Crippen LogP contribution in [0.25, 0.3) is 6.08 Å². The molecule has 0 unspecified atom stereocenters. The average Bonchev–Trinajstić information content (AvgIpc) is 3.00. The van der Waals surface area contributed by atoms with Crippen molar-refractivity contribution in [1.29, 1.82) is 0 Å². The SMILES string of the molecule is Cc1ccc(C)c(NC(=O)COc2c(Br)cc(Br)cc2/C=C2/C(=O)NC(=O)N(c3ccc(OCc4ccccc4)cc3)C2=O)c1. The summed E-state index contributed by atoms with van der Waals surface area (Å²) < 4.78 is 12.8. The van der Waals surface area contributed by atoms with E-state index >= 15 is 0 Å². The summed E-state index contributed by atoms with van der Waals surface area (Å²) in [6.45, 7) is 3.83. The Morgan fingerprint density at radius 2 is 1.64 bits per heavy atom. The molecule has 11 heteroatoms. The molecule has 2 N–H and O–H groups in total. The number of benzene rings is 4. The summed E-state index contributed by atoms with van der Waals surface area (Å²) >= 11 is 6.86. The van der Waals surface area contributed by atoms with Gasteiger partial charge in [0.15, 0.2) is 6.61 Å². The summed E-state index contributed by atoms with van der Waals surface area (Å²) in [5, 5.41) is 5.07. The highest BCUT2D eigenvalue weighted by molar-refractivity contribution is 9.11. The van der Waals surface area contributed by atoms with Gasteiger partial charge in [-0.15, -0.1) is 0 Å². The number of urea groups is 1. The van der Waals surface area contributed by atoms with Crippen LogP contribution in [0.3, 0.4) is 0 Å². The van der Waals surface area contributed by atoms with Crippen LogP contribution in [0.4, 0.5) is 16.2 Å². The van der Waals surface area contributed by atoms with E-state index in [9.17, 15) is 19.2 Å². The van der Waals surface area contributed by atoms with E-state index in [1.54, 1.807) is 36.4 Å². The third-order valence-corrected chi connectivity index (χ3v) is 7.84. The number of hydrogen-bond donors (Lipinski definition) is 2. The lowest BCUT2D eigenvalue weighted by Crippen LogP contribution is -2.54. The molecule has 0 aromatic heterocycles. The molecule has 0 atom stereocenters. The lowest BCUT2D eigenvalue weighted by molar-refractivity contribution is -0.122.